The molecule has 2 N–H and O–H groups in total. The molecule has 0 saturated carbocycles. The fraction of sp³-hybridized carbons (Fsp3) is 1.00. The number of rotatable bonds is 1. The number of ether oxygens (including phenoxy) is 3. The van der Waals surface area contributed by atoms with Crippen molar-refractivity contribution in [3.8, 4) is 0 Å². The summed E-state index contributed by atoms with van der Waals surface area (Å²) in [6.45, 7) is 4.16. The molecule has 3 atom stereocenters. The molecular formula is C7H13NO4. The van der Waals surface area contributed by atoms with Crippen molar-refractivity contribution in [1.82, 2.24) is 5.48 Å². The van der Waals surface area contributed by atoms with Gasteiger partial charge >= 0.3 is 0 Å². The van der Waals surface area contributed by atoms with E-state index >= 15 is 0 Å². The third-order valence-electron chi connectivity index (χ3n) is 2.09. The van der Waals surface area contributed by atoms with E-state index in [1.54, 1.807) is 0 Å². The van der Waals surface area contributed by atoms with Crippen LogP contribution in [0.5, 0.6) is 0 Å². The Labute approximate surface area is 70.6 Å². The number of hydrogen-bond acceptors (Lipinski definition) is 5. The van der Waals surface area contributed by atoms with Crippen LogP contribution in [0.15, 0.2) is 0 Å². The van der Waals surface area contributed by atoms with Gasteiger partial charge in [0.15, 0.2) is 12.0 Å². The molecule has 5 heteroatoms. The Kier molecular flexibility index (Phi) is 1.85. The van der Waals surface area contributed by atoms with Crippen LogP contribution < -0.4 is 5.48 Å². The van der Waals surface area contributed by atoms with Crippen molar-refractivity contribution < 1.29 is 19.4 Å². The second kappa shape index (κ2) is 2.65. The molecule has 2 rings (SSSR count). The zero-order chi connectivity index (χ0) is 8.77. The van der Waals surface area contributed by atoms with Crippen molar-refractivity contribution in [1.29, 1.82) is 0 Å². The lowest BCUT2D eigenvalue weighted by Gasteiger charge is -2.20. The van der Waals surface area contributed by atoms with Gasteiger partial charge in [0.05, 0.1) is 6.61 Å². The van der Waals surface area contributed by atoms with Crippen LogP contribution in [-0.4, -0.2) is 36.0 Å². The van der Waals surface area contributed by atoms with Crippen LogP contribution in [0, 0.1) is 0 Å². The van der Waals surface area contributed by atoms with Crippen LogP contribution in [0.2, 0.25) is 0 Å². The summed E-state index contributed by atoms with van der Waals surface area (Å²) in [7, 11) is 0. The van der Waals surface area contributed by atoms with Crippen molar-refractivity contribution in [3.05, 3.63) is 0 Å². The number of nitrogens with one attached hydrogen (secondary N) is 1. The molecule has 0 aromatic carbocycles. The highest BCUT2D eigenvalue weighted by Crippen LogP contribution is 2.33. The first-order valence-electron chi connectivity index (χ1n) is 3.99. The van der Waals surface area contributed by atoms with E-state index in [9.17, 15) is 0 Å². The highest BCUT2D eigenvalue weighted by atomic mass is 16.8. The highest BCUT2D eigenvalue weighted by molar-refractivity contribution is 4.89. The van der Waals surface area contributed by atoms with E-state index in [-0.39, 0.29) is 12.2 Å². The second-order valence-electron chi connectivity index (χ2n) is 3.52. The highest BCUT2D eigenvalue weighted by Gasteiger charge is 2.50. The minimum Gasteiger partial charge on any atom is -0.356 e. The molecule has 0 amide bonds. The van der Waals surface area contributed by atoms with E-state index in [2.05, 4.69) is 0 Å². The van der Waals surface area contributed by atoms with Gasteiger partial charge in [0.2, 0.25) is 0 Å². The molecule has 0 aromatic rings. The molecule has 5 nitrogen and oxygen atoms in total. The summed E-state index contributed by atoms with van der Waals surface area (Å²) < 4.78 is 16.2. The molecule has 1 unspecified atom stereocenters. The lowest BCUT2D eigenvalue weighted by Crippen LogP contribution is -2.38. The Hall–Kier alpha value is -0.200. The van der Waals surface area contributed by atoms with Crippen LogP contribution in [0.1, 0.15) is 13.8 Å². The molecule has 70 valence electrons. The Morgan fingerprint density at radius 3 is 2.83 bits per heavy atom. The van der Waals surface area contributed by atoms with Gasteiger partial charge in [-0.05, 0) is 13.8 Å². The van der Waals surface area contributed by atoms with Gasteiger partial charge in [0.1, 0.15) is 12.2 Å². The maximum Gasteiger partial charge on any atom is 0.164 e. The summed E-state index contributed by atoms with van der Waals surface area (Å²) in [5.74, 6) is -0.561. The smallest absolute Gasteiger partial charge is 0.164 e. The minimum absolute atomic E-state index is 0.0651. The SMILES string of the molecule is CC1(C)O[C@@H]2COC(NO)[C@@H]2O1. The van der Waals surface area contributed by atoms with E-state index in [0.717, 1.165) is 0 Å². The van der Waals surface area contributed by atoms with Crippen LogP contribution in [0.3, 0.4) is 0 Å². The predicted octanol–water partition coefficient (Wildman–Crippen LogP) is -0.158. The van der Waals surface area contributed by atoms with E-state index in [1.807, 2.05) is 19.3 Å². The second-order valence-corrected chi connectivity index (χ2v) is 3.52. The van der Waals surface area contributed by atoms with Gasteiger partial charge in [-0.25, -0.2) is 0 Å². The van der Waals surface area contributed by atoms with E-state index < -0.39 is 12.0 Å². The molecule has 0 bridgehead atoms. The molecule has 0 spiro atoms. The van der Waals surface area contributed by atoms with Gasteiger partial charge in [-0.1, -0.05) is 0 Å². The fourth-order valence-electron chi connectivity index (χ4n) is 1.65. The summed E-state index contributed by atoms with van der Waals surface area (Å²) >= 11 is 0. The quantitative estimate of drug-likeness (QED) is 0.542. The predicted molar refractivity (Wildman–Crippen MR) is 38.5 cm³/mol. The van der Waals surface area contributed by atoms with E-state index in [0.29, 0.717) is 6.61 Å². The van der Waals surface area contributed by atoms with Crippen LogP contribution in [-0.2, 0) is 14.2 Å². The molecule has 12 heavy (non-hydrogen) atoms. The maximum atomic E-state index is 8.67. The Morgan fingerprint density at radius 2 is 2.17 bits per heavy atom. The Bertz CT molecular complexity index is 184. The van der Waals surface area contributed by atoms with Gasteiger partial charge in [-0.3, -0.25) is 0 Å². The zero-order valence-electron chi connectivity index (χ0n) is 7.11. The van der Waals surface area contributed by atoms with Gasteiger partial charge in [0, 0.05) is 0 Å². The molecule has 0 aromatic heterocycles. The largest absolute Gasteiger partial charge is 0.356 e. The van der Waals surface area contributed by atoms with Crippen molar-refractivity contribution in [2.75, 3.05) is 6.61 Å². The Morgan fingerprint density at radius 1 is 1.42 bits per heavy atom. The lowest BCUT2D eigenvalue weighted by atomic mass is 10.2. The van der Waals surface area contributed by atoms with Crippen molar-refractivity contribution in [2.45, 2.75) is 38.1 Å². The number of fused-ring (bicyclic) bond motifs is 1. The minimum atomic E-state index is -0.561. The summed E-state index contributed by atoms with van der Waals surface area (Å²) in [4.78, 5) is 0. The van der Waals surface area contributed by atoms with Crippen LogP contribution >= 0.6 is 0 Å². The van der Waals surface area contributed by atoms with Crippen LogP contribution in [0.4, 0.5) is 0 Å². The van der Waals surface area contributed by atoms with Crippen molar-refractivity contribution >= 4 is 0 Å². The van der Waals surface area contributed by atoms with Gasteiger partial charge in [-0.2, -0.15) is 5.48 Å². The molecule has 2 heterocycles. The summed E-state index contributed by atoms with van der Waals surface area (Å²) in [5, 5.41) is 8.67. The third-order valence-corrected chi connectivity index (χ3v) is 2.09. The van der Waals surface area contributed by atoms with Gasteiger partial charge < -0.3 is 19.4 Å². The van der Waals surface area contributed by atoms with Gasteiger partial charge in [0.25, 0.3) is 0 Å². The molecule has 0 radical (unpaired) electrons. The first-order chi connectivity index (χ1) is 5.62. The van der Waals surface area contributed by atoms with E-state index in [1.165, 1.54) is 0 Å². The molecule has 2 fully saturated rings. The third kappa shape index (κ3) is 1.23. The molecule has 0 aliphatic carbocycles. The molecular weight excluding hydrogens is 162 g/mol. The fourth-order valence-corrected chi connectivity index (χ4v) is 1.65. The molecule has 2 aliphatic heterocycles. The zero-order valence-corrected chi connectivity index (χ0v) is 7.11. The molecule has 2 saturated heterocycles. The summed E-state index contributed by atoms with van der Waals surface area (Å²) in [6.07, 6.45) is -0.730. The average molecular weight is 175 g/mol. The van der Waals surface area contributed by atoms with Crippen molar-refractivity contribution in [2.24, 2.45) is 0 Å². The topological polar surface area (TPSA) is 60.0 Å². The van der Waals surface area contributed by atoms with Crippen LogP contribution in [0.25, 0.3) is 0 Å². The Balaban J connectivity index is 2.06. The first-order valence-corrected chi connectivity index (χ1v) is 3.99. The summed E-state index contributed by atoms with van der Waals surface area (Å²) in [6, 6.07) is 0. The lowest BCUT2D eigenvalue weighted by molar-refractivity contribution is -0.187. The number of hydroxylamine groups is 1. The first kappa shape index (κ1) is 8.40. The number of hydrogen-bond donors (Lipinski definition) is 2. The van der Waals surface area contributed by atoms with Gasteiger partial charge in [-0.15, -0.1) is 0 Å². The maximum absolute atomic E-state index is 8.67. The summed E-state index contributed by atoms with van der Waals surface area (Å²) in [5.41, 5.74) is 2.05. The standard InChI is InChI=1S/C7H13NO4/c1-7(2)11-4-3-10-6(8-9)5(4)12-7/h4-6,8-9H,3H2,1-2H3/t4-,5-,6?/m1/s1. The monoisotopic (exact) mass is 175 g/mol. The molecule has 2 aliphatic rings. The normalized spacial score (nSPS) is 44.8. The van der Waals surface area contributed by atoms with E-state index in [4.69, 9.17) is 19.4 Å². The van der Waals surface area contributed by atoms with Crippen molar-refractivity contribution in [3.63, 3.8) is 0 Å². The average Bonchev–Trinajstić information content (AvgIpc) is 2.42.